The molecule has 0 saturated carbocycles. The third-order valence-electron chi connectivity index (χ3n) is 4.80. The number of anilines is 1. The highest BCUT2D eigenvalue weighted by molar-refractivity contribution is 5.95. The molecule has 1 aliphatic rings. The van der Waals surface area contributed by atoms with E-state index < -0.39 is 0 Å². The smallest absolute Gasteiger partial charge is 0.226 e. The Hall–Kier alpha value is -3.74. The van der Waals surface area contributed by atoms with Crippen LogP contribution in [0.15, 0.2) is 67.3 Å². The van der Waals surface area contributed by atoms with E-state index in [0.29, 0.717) is 12.2 Å². The van der Waals surface area contributed by atoms with E-state index in [0.717, 1.165) is 28.3 Å². The van der Waals surface area contributed by atoms with E-state index in [9.17, 15) is 4.79 Å². The third kappa shape index (κ3) is 2.60. The Bertz CT molecular complexity index is 1100. The largest absolute Gasteiger partial charge is 0.320 e. The molecule has 0 aliphatic carbocycles. The molecule has 0 aromatic carbocycles. The molecule has 5 rings (SSSR count). The predicted molar refractivity (Wildman–Crippen MR) is 100 cm³/mol. The van der Waals surface area contributed by atoms with Gasteiger partial charge in [-0.25, -0.2) is 0 Å². The van der Waals surface area contributed by atoms with E-state index >= 15 is 0 Å². The maximum Gasteiger partial charge on any atom is 0.226 e. The van der Waals surface area contributed by atoms with Crippen LogP contribution in [0.25, 0.3) is 17.1 Å². The second kappa shape index (κ2) is 6.21. The van der Waals surface area contributed by atoms with Gasteiger partial charge < -0.3 is 9.88 Å². The summed E-state index contributed by atoms with van der Waals surface area (Å²) in [6.45, 7) is 0. The molecular formula is C20H16N6O. The number of nitrogens with one attached hydrogen (secondary N) is 2. The molecule has 1 atom stereocenters. The van der Waals surface area contributed by atoms with Crippen molar-refractivity contribution in [3.8, 4) is 17.1 Å². The van der Waals surface area contributed by atoms with Gasteiger partial charge in [0.05, 0.1) is 11.4 Å². The summed E-state index contributed by atoms with van der Waals surface area (Å²) in [6.07, 6.45) is 7.61. The first kappa shape index (κ1) is 15.5. The standard InChI is InChI=1S/C20H16N6O/c27-17-12-14(16-5-3-11-26(16)13-6-9-21-10-7-13)18-19(24-25-20(18)23-17)15-4-1-2-8-22-15/h1-11,14H,12H2,(H2,23,24,25,27). The van der Waals surface area contributed by atoms with Gasteiger partial charge in [0, 0.05) is 54.1 Å². The number of carbonyl (C=O) groups is 1. The van der Waals surface area contributed by atoms with Crippen LogP contribution in [-0.2, 0) is 4.79 Å². The average Bonchev–Trinajstić information content (AvgIpc) is 3.36. The fraction of sp³-hybridized carbons (Fsp3) is 0.100. The van der Waals surface area contributed by atoms with Crippen LogP contribution in [0.2, 0.25) is 0 Å². The summed E-state index contributed by atoms with van der Waals surface area (Å²) in [6, 6.07) is 13.7. The summed E-state index contributed by atoms with van der Waals surface area (Å²) >= 11 is 0. The first-order valence-corrected chi connectivity index (χ1v) is 8.68. The molecule has 0 radical (unpaired) electrons. The predicted octanol–water partition coefficient (Wildman–Crippen LogP) is 3.13. The first-order valence-electron chi connectivity index (χ1n) is 8.68. The second-order valence-electron chi connectivity index (χ2n) is 6.39. The Morgan fingerprint density at radius 2 is 1.93 bits per heavy atom. The molecule has 1 aliphatic heterocycles. The summed E-state index contributed by atoms with van der Waals surface area (Å²) in [4.78, 5) is 20.9. The minimum Gasteiger partial charge on any atom is -0.320 e. The quantitative estimate of drug-likeness (QED) is 0.590. The van der Waals surface area contributed by atoms with Gasteiger partial charge in [-0.2, -0.15) is 5.10 Å². The van der Waals surface area contributed by atoms with Gasteiger partial charge in [-0.3, -0.25) is 19.9 Å². The summed E-state index contributed by atoms with van der Waals surface area (Å²) < 4.78 is 2.09. The number of fused-ring (bicyclic) bond motifs is 1. The molecule has 0 spiro atoms. The molecule has 7 nitrogen and oxygen atoms in total. The maximum atomic E-state index is 12.3. The Kier molecular flexibility index (Phi) is 3.57. The number of nitrogens with zero attached hydrogens (tertiary/aromatic N) is 4. The molecule has 0 bridgehead atoms. The molecule has 1 amide bonds. The van der Waals surface area contributed by atoms with Crippen molar-refractivity contribution >= 4 is 11.7 Å². The van der Waals surface area contributed by atoms with Crippen LogP contribution in [0.5, 0.6) is 0 Å². The van der Waals surface area contributed by atoms with Gasteiger partial charge in [0.15, 0.2) is 5.82 Å². The first-order chi connectivity index (χ1) is 13.3. The van der Waals surface area contributed by atoms with Gasteiger partial charge in [0.1, 0.15) is 0 Å². The van der Waals surface area contributed by atoms with Crippen LogP contribution in [0.3, 0.4) is 0 Å². The SMILES string of the molecule is O=C1CC(c2cccn2-c2ccncc2)c2c(n[nH]c2-c2ccccn2)N1. The van der Waals surface area contributed by atoms with Crippen LogP contribution < -0.4 is 5.32 Å². The molecule has 27 heavy (non-hydrogen) atoms. The van der Waals surface area contributed by atoms with Gasteiger partial charge in [0.25, 0.3) is 0 Å². The highest BCUT2D eigenvalue weighted by atomic mass is 16.1. The molecule has 0 fully saturated rings. The zero-order chi connectivity index (χ0) is 18.2. The van der Waals surface area contributed by atoms with Crippen molar-refractivity contribution in [3.63, 3.8) is 0 Å². The third-order valence-corrected chi connectivity index (χ3v) is 4.80. The number of pyridine rings is 2. The number of amides is 1. The normalized spacial score (nSPS) is 16.0. The van der Waals surface area contributed by atoms with Crippen LogP contribution >= 0.6 is 0 Å². The lowest BCUT2D eigenvalue weighted by atomic mass is 9.88. The fourth-order valence-corrected chi connectivity index (χ4v) is 3.63. The maximum absolute atomic E-state index is 12.3. The molecule has 4 aromatic rings. The number of H-pyrrole nitrogens is 1. The van der Waals surface area contributed by atoms with Crippen molar-refractivity contribution in [1.29, 1.82) is 0 Å². The molecular weight excluding hydrogens is 340 g/mol. The lowest BCUT2D eigenvalue weighted by molar-refractivity contribution is -0.116. The zero-order valence-electron chi connectivity index (χ0n) is 14.3. The lowest BCUT2D eigenvalue weighted by Gasteiger charge is -2.24. The number of carbonyl (C=O) groups excluding carboxylic acids is 1. The van der Waals surface area contributed by atoms with Crippen molar-refractivity contribution in [3.05, 3.63) is 78.5 Å². The monoisotopic (exact) mass is 356 g/mol. The van der Waals surface area contributed by atoms with Gasteiger partial charge in [0.2, 0.25) is 5.91 Å². The van der Waals surface area contributed by atoms with E-state index in [2.05, 4.69) is 30.0 Å². The summed E-state index contributed by atoms with van der Waals surface area (Å²) in [7, 11) is 0. The Morgan fingerprint density at radius 3 is 2.74 bits per heavy atom. The van der Waals surface area contributed by atoms with Crippen LogP contribution in [-0.4, -0.2) is 30.6 Å². The topological polar surface area (TPSA) is 88.5 Å². The molecule has 5 heterocycles. The van der Waals surface area contributed by atoms with E-state index in [4.69, 9.17) is 0 Å². The Balaban J connectivity index is 1.68. The van der Waals surface area contributed by atoms with Crippen molar-refractivity contribution < 1.29 is 4.79 Å². The van der Waals surface area contributed by atoms with E-state index in [1.54, 1.807) is 18.6 Å². The Morgan fingerprint density at radius 1 is 1.04 bits per heavy atom. The molecule has 0 saturated heterocycles. The van der Waals surface area contributed by atoms with E-state index in [1.165, 1.54) is 0 Å². The minimum atomic E-state index is -0.132. The number of hydrogen-bond donors (Lipinski definition) is 2. The fourth-order valence-electron chi connectivity index (χ4n) is 3.63. The van der Waals surface area contributed by atoms with Gasteiger partial charge in [-0.05, 0) is 36.4 Å². The molecule has 7 heteroatoms. The number of aromatic nitrogens is 5. The number of rotatable bonds is 3. The van der Waals surface area contributed by atoms with E-state index in [1.807, 2.05) is 48.7 Å². The van der Waals surface area contributed by atoms with E-state index in [-0.39, 0.29) is 11.8 Å². The van der Waals surface area contributed by atoms with Crippen LogP contribution in [0.4, 0.5) is 5.82 Å². The van der Waals surface area contributed by atoms with Gasteiger partial charge >= 0.3 is 0 Å². The van der Waals surface area contributed by atoms with Gasteiger partial charge in [-0.1, -0.05) is 6.07 Å². The average molecular weight is 356 g/mol. The number of hydrogen-bond acceptors (Lipinski definition) is 4. The summed E-state index contributed by atoms with van der Waals surface area (Å²) in [5.41, 5.74) is 4.62. The van der Waals surface area contributed by atoms with Crippen molar-refractivity contribution in [2.24, 2.45) is 0 Å². The van der Waals surface area contributed by atoms with Crippen molar-refractivity contribution in [2.45, 2.75) is 12.3 Å². The molecule has 132 valence electrons. The number of aromatic amines is 1. The highest BCUT2D eigenvalue weighted by Gasteiger charge is 2.34. The molecule has 1 unspecified atom stereocenters. The van der Waals surface area contributed by atoms with Crippen molar-refractivity contribution in [2.75, 3.05) is 5.32 Å². The van der Waals surface area contributed by atoms with Crippen LogP contribution in [0, 0.1) is 0 Å². The molecule has 4 aromatic heterocycles. The Labute approximate surface area is 155 Å². The lowest BCUT2D eigenvalue weighted by Crippen LogP contribution is -2.24. The van der Waals surface area contributed by atoms with Crippen LogP contribution in [0.1, 0.15) is 23.6 Å². The highest BCUT2D eigenvalue weighted by Crippen LogP contribution is 2.41. The zero-order valence-corrected chi connectivity index (χ0v) is 14.3. The van der Waals surface area contributed by atoms with Crippen molar-refractivity contribution in [1.82, 2.24) is 24.7 Å². The summed E-state index contributed by atoms with van der Waals surface area (Å²) in [5, 5.41) is 10.3. The second-order valence-corrected chi connectivity index (χ2v) is 6.39. The minimum absolute atomic E-state index is 0.0472. The summed E-state index contributed by atoms with van der Waals surface area (Å²) in [5.74, 6) is 0.390. The van der Waals surface area contributed by atoms with Gasteiger partial charge in [-0.15, -0.1) is 0 Å². The molecule has 2 N–H and O–H groups in total.